The van der Waals surface area contributed by atoms with Crippen molar-refractivity contribution in [1.29, 1.82) is 0 Å². The number of halogens is 3. The van der Waals surface area contributed by atoms with Gasteiger partial charge in [-0.2, -0.15) is 13.2 Å². The molecule has 0 radical (unpaired) electrons. The van der Waals surface area contributed by atoms with Gasteiger partial charge in [0.05, 0.1) is 0 Å². The van der Waals surface area contributed by atoms with Gasteiger partial charge in [-0.1, -0.05) is 13.0 Å². The molecule has 2 aromatic rings. The molecule has 1 heterocycles. The lowest BCUT2D eigenvalue weighted by atomic mass is 10.0. The van der Waals surface area contributed by atoms with E-state index in [0.717, 1.165) is 23.0 Å². The second-order valence-electron chi connectivity index (χ2n) is 3.99. The third-order valence-electron chi connectivity index (χ3n) is 2.66. The highest BCUT2D eigenvalue weighted by Gasteiger charge is 2.32. The summed E-state index contributed by atoms with van der Waals surface area (Å²) in [5.74, 6) is -0.0614. The van der Waals surface area contributed by atoms with E-state index in [4.69, 9.17) is 5.11 Å². The van der Waals surface area contributed by atoms with Gasteiger partial charge in [0.1, 0.15) is 4.88 Å². The molecular formula is C12H11F3OS. The Morgan fingerprint density at radius 2 is 2.00 bits per heavy atom. The molecule has 0 spiro atoms. The summed E-state index contributed by atoms with van der Waals surface area (Å²) < 4.78 is 38.2. The van der Waals surface area contributed by atoms with Gasteiger partial charge in [-0.3, -0.25) is 0 Å². The summed E-state index contributed by atoms with van der Waals surface area (Å²) in [6, 6.07) is 6.31. The van der Waals surface area contributed by atoms with Crippen LogP contribution in [0.2, 0.25) is 0 Å². The molecule has 17 heavy (non-hydrogen) atoms. The molecule has 0 saturated carbocycles. The van der Waals surface area contributed by atoms with Gasteiger partial charge in [-0.05, 0) is 29.1 Å². The quantitative estimate of drug-likeness (QED) is 0.864. The number of hydrogen-bond donors (Lipinski definition) is 1. The van der Waals surface area contributed by atoms with Crippen molar-refractivity contribution < 1.29 is 18.3 Å². The van der Waals surface area contributed by atoms with Crippen LogP contribution in [0.25, 0.3) is 10.1 Å². The first-order valence-electron chi connectivity index (χ1n) is 5.13. The predicted octanol–water partition coefficient (Wildman–Crippen LogP) is 4.02. The van der Waals surface area contributed by atoms with Crippen LogP contribution in [0.3, 0.4) is 0 Å². The summed E-state index contributed by atoms with van der Waals surface area (Å²) in [5.41, 5.74) is 0.853. The molecule has 1 nitrogen and oxygen atoms in total. The fourth-order valence-electron chi connectivity index (χ4n) is 1.61. The number of benzene rings is 1. The molecule has 0 saturated heterocycles. The summed E-state index contributed by atoms with van der Waals surface area (Å²) >= 11 is 0.745. The van der Waals surface area contributed by atoms with E-state index in [2.05, 4.69) is 0 Å². The van der Waals surface area contributed by atoms with Crippen LogP contribution in [0.4, 0.5) is 13.2 Å². The van der Waals surface area contributed by atoms with E-state index in [1.165, 1.54) is 0 Å². The minimum Gasteiger partial charge on any atom is -0.396 e. The van der Waals surface area contributed by atoms with Crippen molar-refractivity contribution in [2.45, 2.75) is 19.0 Å². The monoisotopic (exact) mass is 260 g/mol. The van der Waals surface area contributed by atoms with Crippen LogP contribution < -0.4 is 0 Å². The van der Waals surface area contributed by atoms with Gasteiger partial charge < -0.3 is 5.11 Å². The Bertz CT molecular complexity index is 530. The van der Waals surface area contributed by atoms with Gasteiger partial charge in [0.25, 0.3) is 0 Å². The maximum atomic E-state index is 12.5. The zero-order valence-electron chi connectivity index (χ0n) is 9.08. The third-order valence-corrected chi connectivity index (χ3v) is 3.82. The molecule has 92 valence electrons. The lowest BCUT2D eigenvalue weighted by molar-refractivity contribution is -0.134. The van der Waals surface area contributed by atoms with Gasteiger partial charge in [0.15, 0.2) is 0 Å². The highest BCUT2D eigenvalue weighted by Crippen LogP contribution is 2.38. The highest BCUT2D eigenvalue weighted by atomic mass is 32.1. The van der Waals surface area contributed by atoms with E-state index in [-0.39, 0.29) is 12.5 Å². The van der Waals surface area contributed by atoms with Crippen molar-refractivity contribution in [3.8, 4) is 0 Å². The van der Waals surface area contributed by atoms with E-state index in [1.54, 1.807) is 18.2 Å². The van der Waals surface area contributed by atoms with E-state index >= 15 is 0 Å². The smallest absolute Gasteiger partial charge is 0.396 e. The predicted molar refractivity (Wildman–Crippen MR) is 62.3 cm³/mol. The standard InChI is InChI=1S/C12H11F3OS/c1-7(6-16)8-2-3-10-9(4-8)5-11(17-10)12(13,14)15/h2-5,7,16H,6H2,1H3. The molecule has 1 aromatic carbocycles. The fourth-order valence-corrected chi connectivity index (χ4v) is 2.52. The maximum Gasteiger partial charge on any atom is 0.425 e. The molecule has 0 aliphatic rings. The summed E-state index contributed by atoms with van der Waals surface area (Å²) in [5, 5.41) is 9.60. The average molecular weight is 260 g/mol. The van der Waals surface area contributed by atoms with E-state index in [1.807, 2.05) is 6.92 Å². The Morgan fingerprint density at radius 1 is 1.29 bits per heavy atom. The molecular weight excluding hydrogens is 249 g/mol. The molecule has 1 atom stereocenters. The van der Waals surface area contributed by atoms with Crippen LogP contribution in [0.15, 0.2) is 24.3 Å². The van der Waals surface area contributed by atoms with Crippen molar-refractivity contribution in [3.05, 3.63) is 34.7 Å². The zero-order chi connectivity index (χ0) is 12.6. The van der Waals surface area contributed by atoms with Crippen molar-refractivity contribution in [1.82, 2.24) is 0 Å². The van der Waals surface area contributed by atoms with Gasteiger partial charge in [0.2, 0.25) is 0 Å². The summed E-state index contributed by atoms with van der Waals surface area (Å²) in [4.78, 5) is -0.582. The van der Waals surface area contributed by atoms with Gasteiger partial charge in [-0.25, -0.2) is 0 Å². The lowest BCUT2D eigenvalue weighted by Crippen LogP contribution is -2.00. The lowest BCUT2D eigenvalue weighted by Gasteiger charge is -2.07. The first-order chi connectivity index (χ1) is 7.91. The molecule has 0 aliphatic carbocycles. The number of aliphatic hydroxyl groups excluding tert-OH is 1. The Labute approximate surface area is 101 Å². The summed E-state index contributed by atoms with van der Waals surface area (Å²) in [6.07, 6.45) is -4.29. The SMILES string of the molecule is CC(CO)c1ccc2sc(C(F)(F)F)cc2c1. The largest absolute Gasteiger partial charge is 0.425 e. The number of alkyl halides is 3. The van der Waals surface area contributed by atoms with Crippen molar-refractivity contribution in [2.75, 3.05) is 6.61 Å². The Hall–Kier alpha value is -1.07. The number of thiophene rings is 1. The second-order valence-corrected chi connectivity index (χ2v) is 5.07. The third kappa shape index (κ3) is 2.45. The number of aliphatic hydroxyl groups is 1. The van der Waals surface area contributed by atoms with E-state index < -0.39 is 11.1 Å². The Morgan fingerprint density at radius 3 is 2.59 bits per heavy atom. The summed E-state index contributed by atoms with van der Waals surface area (Å²) in [7, 11) is 0. The molecule has 0 amide bonds. The number of rotatable bonds is 2. The molecule has 1 aromatic heterocycles. The molecule has 5 heteroatoms. The van der Waals surface area contributed by atoms with Gasteiger partial charge in [-0.15, -0.1) is 11.3 Å². The Kier molecular flexibility index (Phi) is 3.14. The molecule has 1 N–H and O–H groups in total. The second kappa shape index (κ2) is 4.31. The minimum absolute atomic E-state index is 0.0121. The fraction of sp³-hybridized carbons (Fsp3) is 0.333. The van der Waals surface area contributed by atoms with Crippen LogP contribution >= 0.6 is 11.3 Å². The van der Waals surface area contributed by atoms with Crippen LogP contribution in [0, 0.1) is 0 Å². The highest BCUT2D eigenvalue weighted by molar-refractivity contribution is 7.19. The number of hydrogen-bond acceptors (Lipinski definition) is 2. The van der Waals surface area contributed by atoms with Crippen molar-refractivity contribution in [3.63, 3.8) is 0 Å². The molecule has 0 aliphatic heterocycles. The molecule has 0 bridgehead atoms. The first-order valence-corrected chi connectivity index (χ1v) is 5.95. The van der Waals surface area contributed by atoms with Gasteiger partial charge >= 0.3 is 6.18 Å². The average Bonchev–Trinajstić information content (AvgIpc) is 2.70. The molecule has 0 fully saturated rings. The summed E-state index contributed by atoms with van der Waals surface area (Å²) in [6.45, 7) is 1.82. The van der Waals surface area contributed by atoms with Crippen LogP contribution in [0.1, 0.15) is 23.3 Å². The molecule has 1 unspecified atom stereocenters. The first kappa shape index (κ1) is 12.4. The van der Waals surface area contributed by atoms with Crippen molar-refractivity contribution >= 4 is 21.4 Å². The normalized spacial score (nSPS) is 14.2. The van der Waals surface area contributed by atoms with Crippen LogP contribution in [-0.4, -0.2) is 11.7 Å². The molecule has 2 rings (SSSR count). The topological polar surface area (TPSA) is 20.2 Å². The van der Waals surface area contributed by atoms with E-state index in [0.29, 0.717) is 10.1 Å². The zero-order valence-corrected chi connectivity index (χ0v) is 9.90. The van der Waals surface area contributed by atoms with E-state index in [9.17, 15) is 13.2 Å². The van der Waals surface area contributed by atoms with Crippen LogP contribution in [0.5, 0.6) is 0 Å². The Balaban J connectivity index is 2.48. The van der Waals surface area contributed by atoms with Gasteiger partial charge in [0, 0.05) is 17.2 Å². The minimum atomic E-state index is -4.29. The number of fused-ring (bicyclic) bond motifs is 1. The van der Waals surface area contributed by atoms with Crippen LogP contribution in [-0.2, 0) is 6.18 Å². The maximum absolute atomic E-state index is 12.5. The van der Waals surface area contributed by atoms with Crippen molar-refractivity contribution in [2.24, 2.45) is 0 Å².